The van der Waals surface area contributed by atoms with Gasteiger partial charge in [0.1, 0.15) is 28.2 Å². The number of hydrogen-bond donors (Lipinski definition) is 1. The van der Waals surface area contributed by atoms with E-state index < -0.39 is 16.8 Å². The predicted molar refractivity (Wildman–Crippen MR) is 145 cm³/mol. The van der Waals surface area contributed by atoms with Crippen LogP contribution in [0.2, 0.25) is 0 Å². The Morgan fingerprint density at radius 1 is 1.00 bits per heavy atom. The van der Waals surface area contributed by atoms with Crippen LogP contribution in [0.5, 0.6) is 17.2 Å². The van der Waals surface area contributed by atoms with E-state index in [0.29, 0.717) is 28.2 Å². The summed E-state index contributed by atoms with van der Waals surface area (Å²) in [7, 11) is 2.94. The van der Waals surface area contributed by atoms with E-state index in [2.05, 4.69) is 10.3 Å². The van der Waals surface area contributed by atoms with Crippen LogP contribution in [0.25, 0.3) is 22.3 Å². The molecule has 0 bridgehead atoms. The molecule has 198 valence electrons. The molecule has 0 saturated heterocycles. The Kier molecular flexibility index (Phi) is 7.92. The standard InChI is InChI=1S/C28H32F2N2O4S/c1-16-24(19-9-11-21(12-10-19)31-15-18-7-8-18)27(34-4)17(2)25(28(16)35-5)20-13-22(29)26(23(14-20)36-30)32(3)37(6)33/h9-14,18,31H,7-8,15H2,1-6H3. The molecule has 1 saturated carbocycles. The van der Waals surface area contributed by atoms with Gasteiger partial charge in [-0.1, -0.05) is 12.1 Å². The van der Waals surface area contributed by atoms with Crippen molar-refractivity contribution in [2.45, 2.75) is 26.7 Å². The summed E-state index contributed by atoms with van der Waals surface area (Å²) in [5.74, 6) is 0.719. The molecule has 0 aliphatic heterocycles. The molecule has 0 spiro atoms. The molecule has 1 aliphatic carbocycles. The van der Waals surface area contributed by atoms with E-state index in [1.807, 2.05) is 38.1 Å². The third kappa shape index (κ3) is 5.23. The molecule has 9 heteroatoms. The monoisotopic (exact) mass is 530 g/mol. The van der Waals surface area contributed by atoms with E-state index in [9.17, 15) is 8.74 Å². The summed E-state index contributed by atoms with van der Waals surface area (Å²) in [4.78, 5) is 4.01. The first kappa shape index (κ1) is 26.7. The highest BCUT2D eigenvalue weighted by Gasteiger charge is 2.27. The molecule has 0 amide bonds. The van der Waals surface area contributed by atoms with E-state index >= 15 is 4.39 Å². The average Bonchev–Trinajstić information content (AvgIpc) is 3.72. The molecule has 1 atom stereocenters. The molecule has 0 heterocycles. The van der Waals surface area contributed by atoms with E-state index in [-0.39, 0.29) is 11.4 Å². The smallest absolute Gasteiger partial charge is 0.199 e. The minimum atomic E-state index is -1.58. The minimum absolute atomic E-state index is 0.237. The number of anilines is 2. The number of methoxy groups -OCH3 is 2. The van der Waals surface area contributed by atoms with E-state index in [4.69, 9.17) is 9.47 Å². The lowest BCUT2D eigenvalue weighted by molar-refractivity contribution is -0.00564. The second kappa shape index (κ2) is 11.0. The summed E-state index contributed by atoms with van der Waals surface area (Å²) in [5, 5.41) is 3.47. The highest BCUT2D eigenvalue weighted by molar-refractivity contribution is 7.85. The third-order valence-electron chi connectivity index (χ3n) is 6.86. The molecule has 0 aromatic heterocycles. The van der Waals surface area contributed by atoms with E-state index in [0.717, 1.165) is 39.1 Å². The van der Waals surface area contributed by atoms with Crippen molar-refractivity contribution < 1.29 is 27.5 Å². The molecule has 3 aromatic carbocycles. The molecular formula is C28H32F2N2O4S. The van der Waals surface area contributed by atoms with Crippen LogP contribution in [0.4, 0.5) is 20.3 Å². The van der Waals surface area contributed by atoms with Gasteiger partial charge in [-0.05, 0) is 68.0 Å². The lowest BCUT2D eigenvalue weighted by atomic mass is 9.89. The largest absolute Gasteiger partial charge is 0.496 e. The van der Waals surface area contributed by atoms with Crippen molar-refractivity contribution in [3.63, 3.8) is 0 Å². The van der Waals surface area contributed by atoms with Crippen LogP contribution < -0.4 is 24.0 Å². The number of nitrogens with zero attached hydrogens (tertiary/aromatic N) is 1. The molecule has 3 aromatic rings. The third-order valence-corrected chi connectivity index (χ3v) is 7.81. The Balaban J connectivity index is 1.85. The first-order chi connectivity index (χ1) is 17.7. The number of halogens is 2. The van der Waals surface area contributed by atoms with Crippen molar-refractivity contribution in [2.75, 3.05) is 43.7 Å². The van der Waals surface area contributed by atoms with Crippen LogP contribution in [0.3, 0.4) is 0 Å². The summed E-state index contributed by atoms with van der Waals surface area (Å²) in [6.45, 7) is 4.73. The maximum absolute atomic E-state index is 15.2. The molecule has 6 nitrogen and oxygen atoms in total. The molecule has 4 rings (SSSR count). The normalized spacial score (nSPS) is 13.7. The van der Waals surface area contributed by atoms with Crippen LogP contribution in [-0.2, 0) is 11.0 Å². The van der Waals surface area contributed by atoms with Crippen molar-refractivity contribution in [1.29, 1.82) is 0 Å². The van der Waals surface area contributed by atoms with Crippen molar-refractivity contribution in [3.8, 4) is 39.5 Å². The second-order valence-electron chi connectivity index (χ2n) is 9.27. The van der Waals surface area contributed by atoms with Crippen LogP contribution in [-0.4, -0.2) is 38.3 Å². The number of benzene rings is 3. The molecule has 1 unspecified atom stereocenters. The average molecular weight is 531 g/mol. The van der Waals surface area contributed by atoms with Crippen molar-refractivity contribution in [2.24, 2.45) is 5.92 Å². The van der Waals surface area contributed by atoms with Crippen LogP contribution in [0.15, 0.2) is 36.4 Å². The Labute approximate surface area is 219 Å². The Hall–Kier alpha value is -3.33. The molecule has 1 aliphatic rings. The fraction of sp³-hybridized carbons (Fsp3) is 0.357. The molecule has 0 radical (unpaired) electrons. The number of ether oxygens (including phenoxy) is 2. The van der Waals surface area contributed by atoms with Crippen molar-refractivity contribution in [1.82, 2.24) is 0 Å². The first-order valence-electron chi connectivity index (χ1n) is 12.0. The minimum Gasteiger partial charge on any atom is -0.496 e. The lowest BCUT2D eigenvalue weighted by Gasteiger charge is -2.24. The Morgan fingerprint density at radius 3 is 2.05 bits per heavy atom. The van der Waals surface area contributed by atoms with Crippen molar-refractivity contribution >= 4 is 22.4 Å². The SMILES string of the molecule is COc1c(C)c(-c2cc(F)c(N(C)S(C)=O)c(OF)c2)c(OC)c(C)c1-c1ccc(NCC2CC2)cc1. The molecule has 1 N–H and O–H groups in total. The first-order valence-corrected chi connectivity index (χ1v) is 13.5. The van der Waals surface area contributed by atoms with Gasteiger partial charge in [-0.15, -0.1) is 0 Å². The lowest BCUT2D eigenvalue weighted by Crippen LogP contribution is -2.20. The van der Waals surface area contributed by atoms with Crippen LogP contribution in [0, 0.1) is 25.6 Å². The number of hydrogen-bond acceptors (Lipinski definition) is 5. The highest BCUT2D eigenvalue weighted by Crippen LogP contribution is 2.49. The summed E-state index contributed by atoms with van der Waals surface area (Å²) < 4.78 is 53.5. The zero-order valence-corrected chi connectivity index (χ0v) is 22.7. The second-order valence-corrected chi connectivity index (χ2v) is 10.7. The number of nitrogens with one attached hydrogen (secondary N) is 1. The fourth-order valence-electron chi connectivity index (χ4n) is 4.70. The topological polar surface area (TPSA) is 60.0 Å². The summed E-state index contributed by atoms with van der Waals surface area (Å²) in [6.07, 6.45) is 3.94. The molecular weight excluding hydrogens is 498 g/mol. The summed E-state index contributed by atoms with van der Waals surface area (Å²) >= 11 is 0. The highest BCUT2D eigenvalue weighted by atomic mass is 32.2. The number of rotatable bonds is 10. The van der Waals surface area contributed by atoms with Crippen LogP contribution >= 0.6 is 0 Å². The van der Waals surface area contributed by atoms with Gasteiger partial charge in [-0.2, -0.15) is 0 Å². The summed E-state index contributed by atoms with van der Waals surface area (Å²) in [6, 6.07) is 10.8. The van der Waals surface area contributed by atoms with Crippen LogP contribution in [0.1, 0.15) is 24.0 Å². The van der Waals surface area contributed by atoms with Gasteiger partial charge in [0, 0.05) is 52.3 Å². The van der Waals surface area contributed by atoms with Gasteiger partial charge in [0.25, 0.3) is 0 Å². The molecule has 37 heavy (non-hydrogen) atoms. The van der Waals surface area contributed by atoms with Gasteiger partial charge in [0.05, 0.1) is 14.2 Å². The van der Waals surface area contributed by atoms with Gasteiger partial charge in [0.2, 0.25) is 0 Å². The van der Waals surface area contributed by atoms with Gasteiger partial charge >= 0.3 is 0 Å². The van der Waals surface area contributed by atoms with Gasteiger partial charge in [-0.3, -0.25) is 9.25 Å². The van der Waals surface area contributed by atoms with E-state index in [1.54, 1.807) is 7.11 Å². The zero-order valence-electron chi connectivity index (χ0n) is 21.9. The quantitative estimate of drug-likeness (QED) is 0.320. The van der Waals surface area contributed by atoms with Gasteiger partial charge in [-0.25, -0.2) is 8.60 Å². The van der Waals surface area contributed by atoms with Crippen molar-refractivity contribution in [3.05, 3.63) is 53.3 Å². The fourth-order valence-corrected chi connectivity index (χ4v) is 5.13. The maximum Gasteiger partial charge on any atom is 0.199 e. The van der Waals surface area contributed by atoms with E-state index in [1.165, 1.54) is 45.4 Å². The van der Waals surface area contributed by atoms with Gasteiger partial charge < -0.3 is 14.8 Å². The Morgan fingerprint density at radius 2 is 1.57 bits per heavy atom. The Bertz CT molecular complexity index is 1330. The predicted octanol–water partition coefficient (Wildman–Crippen LogP) is 6.61. The zero-order chi connectivity index (χ0) is 26.9. The van der Waals surface area contributed by atoms with Gasteiger partial charge in [0.15, 0.2) is 11.6 Å². The molecule has 1 fully saturated rings. The maximum atomic E-state index is 15.2. The summed E-state index contributed by atoms with van der Waals surface area (Å²) in [5.41, 5.74) is 4.99.